The minimum atomic E-state index is 0.322. The molecular weight excluding hydrogens is 248 g/mol. The first kappa shape index (κ1) is 16.2. The summed E-state index contributed by atoms with van der Waals surface area (Å²) in [5, 5.41) is 18.2. The maximum atomic E-state index is 9.88. The molecule has 0 bridgehead atoms. The number of hydrogen-bond acceptors (Lipinski definition) is 3. The third kappa shape index (κ3) is 6.88. The SMILES string of the molecule is C=C1CC/C(C)=C(O)/C=C\C=C\CCC/C=C(C)\N=N/1. The Labute approximate surface area is 121 Å². The van der Waals surface area contributed by atoms with E-state index in [-0.39, 0.29) is 0 Å². The van der Waals surface area contributed by atoms with Gasteiger partial charge in [-0.25, -0.2) is 0 Å². The summed E-state index contributed by atoms with van der Waals surface area (Å²) in [4.78, 5) is 0. The van der Waals surface area contributed by atoms with Crippen molar-refractivity contribution in [2.75, 3.05) is 0 Å². The van der Waals surface area contributed by atoms with E-state index in [0.29, 0.717) is 12.2 Å². The fourth-order valence-corrected chi connectivity index (χ4v) is 1.71. The molecule has 1 aliphatic rings. The lowest BCUT2D eigenvalue weighted by Crippen LogP contribution is -1.86. The van der Waals surface area contributed by atoms with Gasteiger partial charge in [-0.2, -0.15) is 10.2 Å². The Morgan fingerprint density at radius 3 is 2.70 bits per heavy atom. The number of azo groups is 1. The molecule has 0 spiro atoms. The lowest BCUT2D eigenvalue weighted by molar-refractivity contribution is 0.422. The van der Waals surface area contributed by atoms with E-state index in [0.717, 1.165) is 42.7 Å². The van der Waals surface area contributed by atoms with Crippen LogP contribution in [0, 0.1) is 0 Å². The van der Waals surface area contributed by atoms with E-state index >= 15 is 0 Å². The molecule has 1 heterocycles. The minimum absolute atomic E-state index is 0.322. The zero-order chi connectivity index (χ0) is 14.8. The molecule has 20 heavy (non-hydrogen) atoms. The van der Waals surface area contributed by atoms with E-state index in [1.807, 2.05) is 26.0 Å². The molecule has 3 heteroatoms. The highest BCUT2D eigenvalue weighted by Crippen LogP contribution is 2.15. The van der Waals surface area contributed by atoms with Crippen molar-refractivity contribution < 1.29 is 5.11 Å². The van der Waals surface area contributed by atoms with Gasteiger partial charge < -0.3 is 5.11 Å². The van der Waals surface area contributed by atoms with Crippen molar-refractivity contribution in [3.05, 3.63) is 59.7 Å². The van der Waals surface area contributed by atoms with Gasteiger partial charge in [-0.1, -0.05) is 30.9 Å². The Balaban J connectivity index is 2.80. The van der Waals surface area contributed by atoms with Crippen LogP contribution in [0.15, 0.2) is 69.9 Å². The standard InChI is InChI=1S/C17H24N2O/c1-14-12-13-16(3)19-18-15(2)10-8-6-4-5-7-9-11-17(14)20/h5,7,9-11,20H,3-4,6,8,12-13H2,1-2H3/b7-5+,11-9-,15-10-,17-14-,19-18-. The molecule has 1 aliphatic heterocycles. The predicted octanol–water partition coefficient (Wildman–Crippen LogP) is 5.76. The van der Waals surface area contributed by atoms with Gasteiger partial charge in [0.15, 0.2) is 0 Å². The van der Waals surface area contributed by atoms with E-state index in [1.54, 1.807) is 6.08 Å². The lowest BCUT2D eigenvalue weighted by atomic mass is 10.1. The minimum Gasteiger partial charge on any atom is -0.508 e. The summed E-state index contributed by atoms with van der Waals surface area (Å²) in [5.41, 5.74) is 2.60. The second-order valence-electron chi connectivity index (χ2n) is 5.00. The monoisotopic (exact) mass is 272 g/mol. The van der Waals surface area contributed by atoms with Crippen LogP contribution in [0.5, 0.6) is 0 Å². The van der Waals surface area contributed by atoms with Crippen molar-refractivity contribution in [3.8, 4) is 0 Å². The summed E-state index contributed by atoms with van der Waals surface area (Å²) in [6.07, 6.45) is 14.3. The van der Waals surface area contributed by atoms with E-state index < -0.39 is 0 Å². The topological polar surface area (TPSA) is 45.0 Å². The van der Waals surface area contributed by atoms with Gasteiger partial charge in [0.1, 0.15) is 5.76 Å². The second kappa shape index (κ2) is 9.08. The van der Waals surface area contributed by atoms with Crippen molar-refractivity contribution in [2.45, 2.75) is 46.0 Å². The maximum absolute atomic E-state index is 9.88. The number of rotatable bonds is 0. The number of nitrogens with zero attached hydrogens (tertiary/aromatic N) is 2. The van der Waals surface area contributed by atoms with Crippen molar-refractivity contribution in [2.24, 2.45) is 10.2 Å². The zero-order valence-corrected chi connectivity index (χ0v) is 12.5. The first-order chi connectivity index (χ1) is 9.59. The molecule has 0 aromatic rings. The molecule has 1 N–H and O–H groups in total. The van der Waals surface area contributed by atoms with Crippen molar-refractivity contribution in [1.29, 1.82) is 0 Å². The molecule has 0 saturated heterocycles. The summed E-state index contributed by atoms with van der Waals surface area (Å²) < 4.78 is 0. The van der Waals surface area contributed by atoms with Crippen molar-refractivity contribution in [3.63, 3.8) is 0 Å². The maximum Gasteiger partial charge on any atom is 0.114 e. The zero-order valence-electron chi connectivity index (χ0n) is 12.5. The Hall–Kier alpha value is -1.90. The molecule has 108 valence electrons. The van der Waals surface area contributed by atoms with Crippen LogP contribution in [-0.4, -0.2) is 5.11 Å². The van der Waals surface area contributed by atoms with Gasteiger partial charge in [0.05, 0.1) is 11.4 Å². The molecule has 0 radical (unpaired) electrons. The molecule has 0 fully saturated rings. The largest absolute Gasteiger partial charge is 0.508 e. The molecular formula is C17H24N2O. The quantitative estimate of drug-likeness (QED) is 0.598. The first-order valence-corrected chi connectivity index (χ1v) is 7.08. The van der Waals surface area contributed by atoms with Crippen LogP contribution in [0.3, 0.4) is 0 Å². The molecule has 0 aromatic heterocycles. The van der Waals surface area contributed by atoms with Crippen LogP contribution in [0.4, 0.5) is 0 Å². The fraction of sp³-hybridized carbons (Fsp3) is 0.412. The molecule has 0 atom stereocenters. The first-order valence-electron chi connectivity index (χ1n) is 7.08. The van der Waals surface area contributed by atoms with Gasteiger partial charge in [-0.05, 0) is 57.6 Å². The third-order valence-corrected chi connectivity index (χ3v) is 3.09. The van der Waals surface area contributed by atoms with Crippen molar-refractivity contribution >= 4 is 0 Å². The van der Waals surface area contributed by atoms with Gasteiger partial charge in [0.25, 0.3) is 0 Å². The molecule has 0 aromatic carbocycles. The molecule has 3 nitrogen and oxygen atoms in total. The number of aliphatic hydroxyl groups is 1. The molecule has 0 aliphatic carbocycles. The Bertz CT molecular complexity index is 479. The van der Waals surface area contributed by atoms with Crippen LogP contribution in [-0.2, 0) is 0 Å². The van der Waals surface area contributed by atoms with E-state index in [9.17, 15) is 5.11 Å². The molecule has 1 rings (SSSR count). The molecule has 0 unspecified atom stereocenters. The summed E-state index contributed by atoms with van der Waals surface area (Å²) in [6, 6.07) is 0. The fourth-order valence-electron chi connectivity index (χ4n) is 1.71. The van der Waals surface area contributed by atoms with Crippen LogP contribution < -0.4 is 0 Å². The smallest absolute Gasteiger partial charge is 0.114 e. The lowest BCUT2D eigenvalue weighted by Gasteiger charge is -2.03. The van der Waals surface area contributed by atoms with Crippen LogP contribution in [0.1, 0.15) is 46.0 Å². The van der Waals surface area contributed by atoms with Gasteiger partial charge >= 0.3 is 0 Å². The second-order valence-corrected chi connectivity index (χ2v) is 5.00. The Morgan fingerprint density at radius 2 is 1.90 bits per heavy atom. The third-order valence-electron chi connectivity index (χ3n) is 3.09. The number of aliphatic hydroxyl groups excluding tert-OH is 1. The van der Waals surface area contributed by atoms with Crippen LogP contribution in [0.25, 0.3) is 0 Å². The Morgan fingerprint density at radius 1 is 1.10 bits per heavy atom. The average molecular weight is 272 g/mol. The van der Waals surface area contributed by atoms with Crippen LogP contribution >= 0.6 is 0 Å². The number of hydrogen-bond donors (Lipinski definition) is 1. The van der Waals surface area contributed by atoms with Gasteiger partial charge in [0, 0.05) is 0 Å². The highest BCUT2D eigenvalue weighted by molar-refractivity contribution is 5.21. The summed E-state index contributed by atoms with van der Waals surface area (Å²) in [6.45, 7) is 7.76. The highest BCUT2D eigenvalue weighted by atomic mass is 16.3. The summed E-state index contributed by atoms with van der Waals surface area (Å²) >= 11 is 0. The number of allylic oxidation sites excluding steroid dienone is 8. The normalized spacial score (nSPS) is 30.3. The Kier molecular flexibility index (Phi) is 7.33. The van der Waals surface area contributed by atoms with E-state index in [1.165, 1.54) is 0 Å². The van der Waals surface area contributed by atoms with Crippen LogP contribution in [0.2, 0.25) is 0 Å². The van der Waals surface area contributed by atoms with E-state index in [4.69, 9.17) is 0 Å². The van der Waals surface area contributed by atoms with Crippen molar-refractivity contribution in [1.82, 2.24) is 0 Å². The van der Waals surface area contributed by atoms with E-state index in [2.05, 4.69) is 29.0 Å². The summed E-state index contributed by atoms with van der Waals surface area (Å²) in [7, 11) is 0. The summed E-state index contributed by atoms with van der Waals surface area (Å²) in [5.74, 6) is 0.322. The van der Waals surface area contributed by atoms with Gasteiger partial charge in [0.2, 0.25) is 0 Å². The van der Waals surface area contributed by atoms with Gasteiger partial charge in [-0.15, -0.1) is 0 Å². The molecule has 0 amide bonds. The predicted molar refractivity (Wildman–Crippen MR) is 84.4 cm³/mol. The highest BCUT2D eigenvalue weighted by Gasteiger charge is 1.99. The molecule has 0 saturated carbocycles. The van der Waals surface area contributed by atoms with Gasteiger partial charge in [-0.3, -0.25) is 0 Å². The average Bonchev–Trinajstić information content (AvgIpc) is 2.43.